The summed E-state index contributed by atoms with van der Waals surface area (Å²) in [6, 6.07) is 0. The Morgan fingerprint density at radius 2 is 2.44 bits per heavy atom. The highest BCUT2D eigenvalue weighted by Gasteiger charge is 2.15. The van der Waals surface area contributed by atoms with Gasteiger partial charge in [-0.25, -0.2) is 0 Å². The minimum Gasteiger partial charge on any atom is -0.508 e. The first-order valence-electron chi connectivity index (χ1n) is 2.75. The van der Waals surface area contributed by atoms with Gasteiger partial charge < -0.3 is 16.2 Å². The Kier molecular flexibility index (Phi) is 1.21. The van der Waals surface area contributed by atoms with Crippen molar-refractivity contribution in [2.75, 3.05) is 0 Å². The molecule has 1 rings (SSSR count). The molecule has 9 heavy (non-hydrogen) atoms. The Morgan fingerprint density at radius 1 is 1.78 bits per heavy atom. The maximum absolute atomic E-state index is 8.90. The third kappa shape index (κ3) is 1.47. The number of nitrogens with one attached hydrogen (secondary N) is 1. The van der Waals surface area contributed by atoms with E-state index in [-0.39, 0.29) is 5.76 Å². The van der Waals surface area contributed by atoms with Crippen molar-refractivity contribution in [2.24, 2.45) is 5.73 Å². The Hall–Kier alpha value is -0.960. The number of aliphatic hydroxyl groups excluding tert-OH is 1. The molecule has 1 heterocycles. The van der Waals surface area contributed by atoms with Crippen LogP contribution in [0.25, 0.3) is 0 Å². The maximum Gasteiger partial charge on any atom is 0.116 e. The van der Waals surface area contributed by atoms with Crippen molar-refractivity contribution in [3.8, 4) is 0 Å². The summed E-state index contributed by atoms with van der Waals surface area (Å²) >= 11 is 0. The molecule has 4 N–H and O–H groups in total. The van der Waals surface area contributed by atoms with E-state index in [9.17, 15) is 0 Å². The van der Waals surface area contributed by atoms with Gasteiger partial charge in [0.1, 0.15) is 11.4 Å². The SMILES string of the molecule is CC1(N)C=C(O)C=CN1. The van der Waals surface area contributed by atoms with Crippen molar-refractivity contribution < 1.29 is 5.11 Å². The molecular weight excluding hydrogens is 116 g/mol. The number of nitrogens with two attached hydrogens (primary N) is 1. The monoisotopic (exact) mass is 126 g/mol. The lowest BCUT2D eigenvalue weighted by atomic mass is 10.1. The van der Waals surface area contributed by atoms with Crippen LogP contribution in [0.5, 0.6) is 0 Å². The first-order chi connectivity index (χ1) is 4.10. The van der Waals surface area contributed by atoms with Crippen LogP contribution in [0.1, 0.15) is 6.92 Å². The molecular formula is C6H10N2O. The molecule has 50 valence electrons. The Morgan fingerprint density at radius 3 is 2.78 bits per heavy atom. The molecule has 0 aromatic carbocycles. The molecule has 0 fully saturated rings. The van der Waals surface area contributed by atoms with Gasteiger partial charge in [-0.1, -0.05) is 0 Å². The molecule has 0 bridgehead atoms. The van der Waals surface area contributed by atoms with Crippen molar-refractivity contribution >= 4 is 0 Å². The Balaban J connectivity index is 2.78. The molecule has 0 saturated carbocycles. The normalized spacial score (nSPS) is 33.3. The van der Waals surface area contributed by atoms with Crippen LogP contribution in [0, 0.1) is 0 Å². The van der Waals surface area contributed by atoms with Gasteiger partial charge in [0.2, 0.25) is 0 Å². The highest BCUT2D eigenvalue weighted by molar-refractivity contribution is 5.21. The van der Waals surface area contributed by atoms with Crippen LogP contribution in [0.3, 0.4) is 0 Å². The predicted molar refractivity (Wildman–Crippen MR) is 35.6 cm³/mol. The van der Waals surface area contributed by atoms with Gasteiger partial charge in [0.05, 0.1) is 0 Å². The number of rotatable bonds is 0. The van der Waals surface area contributed by atoms with Crippen LogP contribution < -0.4 is 11.1 Å². The van der Waals surface area contributed by atoms with Crippen molar-refractivity contribution in [2.45, 2.75) is 12.6 Å². The minimum atomic E-state index is -0.598. The largest absolute Gasteiger partial charge is 0.508 e. The van der Waals surface area contributed by atoms with Crippen LogP contribution in [-0.4, -0.2) is 10.8 Å². The third-order valence-electron chi connectivity index (χ3n) is 1.10. The fourth-order valence-electron chi connectivity index (χ4n) is 0.704. The fourth-order valence-corrected chi connectivity index (χ4v) is 0.704. The first kappa shape index (κ1) is 6.16. The third-order valence-corrected chi connectivity index (χ3v) is 1.10. The predicted octanol–water partition coefficient (Wildman–Crippen LogP) is 0.220. The molecule has 1 unspecified atom stereocenters. The molecule has 3 heteroatoms. The molecule has 1 aliphatic heterocycles. The van der Waals surface area contributed by atoms with Gasteiger partial charge in [-0.2, -0.15) is 0 Å². The van der Waals surface area contributed by atoms with Gasteiger partial charge in [0.15, 0.2) is 0 Å². The molecule has 0 radical (unpaired) electrons. The van der Waals surface area contributed by atoms with E-state index in [1.54, 1.807) is 25.3 Å². The van der Waals surface area contributed by atoms with Gasteiger partial charge in [-0.3, -0.25) is 0 Å². The zero-order valence-corrected chi connectivity index (χ0v) is 5.26. The molecule has 0 aliphatic carbocycles. The average Bonchev–Trinajstić information content (AvgIpc) is 1.60. The smallest absolute Gasteiger partial charge is 0.116 e. The van der Waals surface area contributed by atoms with Crippen LogP contribution in [0.2, 0.25) is 0 Å². The Bertz CT molecular complexity index is 170. The number of dihydropyridines is 1. The summed E-state index contributed by atoms with van der Waals surface area (Å²) in [4.78, 5) is 0. The zero-order valence-electron chi connectivity index (χ0n) is 5.26. The van der Waals surface area contributed by atoms with Crippen molar-refractivity contribution in [3.63, 3.8) is 0 Å². The number of allylic oxidation sites excluding steroid dienone is 1. The van der Waals surface area contributed by atoms with E-state index in [1.807, 2.05) is 0 Å². The van der Waals surface area contributed by atoms with Crippen LogP contribution in [-0.2, 0) is 0 Å². The second-order valence-electron chi connectivity index (χ2n) is 2.33. The summed E-state index contributed by atoms with van der Waals surface area (Å²) in [6.07, 6.45) is 4.72. The molecule has 0 aromatic rings. The van der Waals surface area contributed by atoms with Gasteiger partial charge in [0.25, 0.3) is 0 Å². The topological polar surface area (TPSA) is 58.3 Å². The molecule has 0 spiro atoms. The number of aliphatic hydroxyl groups is 1. The highest BCUT2D eigenvalue weighted by Crippen LogP contribution is 2.05. The number of hydrogen-bond donors (Lipinski definition) is 3. The quantitative estimate of drug-likeness (QED) is 0.435. The number of hydrogen-bond acceptors (Lipinski definition) is 3. The average molecular weight is 126 g/mol. The molecule has 0 saturated heterocycles. The molecule has 0 aromatic heterocycles. The summed E-state index contributed by atoms with van der Waals surface area (Å²) in [5.74, 6) is 0.207. The van der Waals surface area contributed by atoms with E-state index in [0.717, 1.165) is 0 Å². The van der Waals surface area contributed by atoms with E-state index in [2.05, 4.69) is 5.32 Å². The molecule has 1 atom stereocenters. The van der Waals surface area contributed by atoms with E-state index < -0.39 is 5.66 Å². The van der Waals surface area contributed by atoms with Gasteiger partial charge in [0, 0.05) is 6.20 Å². The maximum atomic E-state index is 8.90. The summed E-state index contributed by atoms with van der Waals surface area (Å²) in [6.45, 7) is 1.77. The molecule has 3 nitrogen and oxygen atoms in total. The summed E-state index contributed by atoms with van der Waals surface area (Å²) in [5, 5.41) is 11.7. The van der Waals surface area contributed by atoms with Crippen LogP contribution in [0.15, 0.2) is 24.1 Å². The lowest BCUT2D eigenvalue weighted by Gasteiger charge is -2.23. The second kappa shape index (κ2) is 1.77. The van der Waals surface area contributed by atoms with Crippen molar-refractivity contribution in [1.82, 2.24) is 5.32 Å². The summed E-state index contributed by atoms with van der Waals surface area (Å²) < 4.78 is 0. The Labute approximate surface area is 53.9 Å². The van der Waals surface area contributed by atoms with Gasteiger partial charge in [-0.15, -0.1) is 0 Å². The minimum absolute atomic E-state index is 0.207. The van der Waals surface area contributed by atoms with E-state index >= 15 is 0 Å². The van der Waals surface area contributed by atoms with E-state index in [0.29, 0.717) is 0 Å². The zero-order chi connectivity index (χ0) is 6.91. The second-order valence-corrected chi connectivity index (χ2v) is 2.33. The van der Waals surface area contributed by atoms with Gasteiger partial charge >= 0.3 is 0 Å². The lowest BCUT2D eigenvalue weighted by molar-refractivity contribution is 0.400. The van der Waals surface area contributed by atoms with E-state index in [4.69, 9.17) is 10.8 Å². The molecule has 0 amide bonds. The van der Waals surface area contributed by atoms with Gasteiger partial charge in [-0.05, 0) is 19.1 Å². The van der Waals surface area contributed by atoms with Crippen molar-refractivity contribution in [3.05, 3.63) is 24.1 Å². The fraction of sp³-hybridized carbons (Fsp3) is 0.333. The van der Waals surface area contributed by atoms with Crippen LogP contribution in [0.4, 0.5) is 0 Å². The summed E-state index contributed by atoms with van der Waals surface area (Å²) in [7, 11) is 0. The van der Waals surface area contributed by atoms with E-state index in [1.165, 1.54) is 0 Å². The first-order valence-corrected chi connectivity index (χ1v) is 2.75. The summed E-state index contributed by atoms with van der Waals surface area (Å²) in [5.41, 5.74) is 4.97. The van der Waals surface area contributed by atoms with Crippen LogP contribution >= 0.6 is 0 Å². The standard InChI is InChI=1S/C6H10N2O/c1-6(7)4-5(9)2-3-8-6/h2-4,8-9H,7H2,1H3. The lowest BCUT2D eigenvalue weighted by Crippen LogP contribution is -2.47. The molecule has 1 aliphatic rings. The highest BCUT2D eigenvalue weighted by atomic mass is 16.3. The van der Waals surface area contributed by atoms with Crippen molar-refractivity contribution in [1.29, 1.82) is 0 Å².